The highest BCUT2D eigenvalue weighted by atomic mass is 16.6. The van der Waals surface area contributed by atoms with E-state index in [1.54, 1.807) is 6.20 Å². The summed E-state index contributed by atoms with van der Waals surface area (Å²) in [7, 11) is 0. The maximum Gasteiger partial charge on any atom is 0.242 e. The molecule has 2 aromatic carbocycles. The van der Waals surface area contributed by atoms with Crippen LogP contribution in [0.2, 0.25) is 0 Å². The van der Waals surface area contributed by atoms with E-state index in [4.69, 9.17) is 14.2 Å². The third kappa shape index (κ3) is 2.72. The molecule has 0 saturated carbocycles. The first kappa shape index (κ1) is 19.2. The first-order valence-electron chi connectivity index (χ1n) is 10.9. The van der Waals surface area contributed by atoms with Crippen LogP contribution < -0.4 is 19.1 Å². The molecule has 0 bridgehead atoms. The number of amides is 1. The van der Waals surface area contributed by atoms with Crippen LogP contribution >= 0.6 is 0 Å². The summed E-state index contributed by atoms with van der Waals surface area (Å²) in [6.07, 6.45) is 4.09. The minimum absolute atomic E-state index is 0.0526. The van der Waals surface area contributed by atoms with E-state index in [1.165, 1.54) is 0 Å². The lowest BCUT2D eigenvalue weighted by molar-refractivity contribution is -0.124. The average Bonchev–Trinajstić information content (AvgIpc) is 3.01. The fraction of sp³-hybridized carbons (Fsp3) is 0.308. The van der Waals surface area contributed by atoms with Gasteiger partial charge in [0.2, 0.25) is 5.91 Å². The molecule has 6 heteroatoms. The van der Waals surface area contributed by atoms with Crippen molar-refractivity contribution >= 4 is 11.6 Å². The molecule has 1 amide bonds. The monoisotopic (exact) mass is 428 g/mol. The van der Waals surface area contributed by atoms with Gasteiger partial charge in [-0.25, -0.2) is 0 Å². The van der Waals surface area contributed by atoms with E-state index in [9.17, 15) is 4.79 Å². The number of carbonyl (C=O) groups excluding carboxylic acids is 1. The summed E-state index contributed by atoms with van der Waals surface area (Å²) >= 11 is 0. The fourth-order valence-corrected chi connectivity index (χ4v) is 5.34. The van der Waals surface area contributed by atoms with Crippen LogP contribution in [0.15, 0.2) is 60.9 Å². The molecule has 0 fully saturated rings. The van der Waals surface area contributed by atoms with Gasteiger partial charge in [-0.3, -0.25) is 9.78 Å². The Labute approximate surface area is 186 Å². The zero-order valence-electron chi connectivity index (χ0n) is 18.1. The molecule has 0 N–H and O–H groups in total. The summed E-state index contributed by atoms with van der Waals surface area (Å²) in [6, 6.07) is 15.8. The number of para-hydroxylation sites is 1. The molecule has 3 aromatic rings. The molecule has 0 saturated heterocycles. The number of nitrogens with zero attached hydrogens (tertiary/aromatic N) is 2. The van der Waals surface area contributed by atoms with Gasteiger partial charge in [0.05, 0.1) is 6.54 Å². The molecule has 4 heterocycles. The van der Waals surface area contributed by atoms with Crippen molar-refractivity contribution in [3.8, 4) is 17.2 Å². The third-order valence-electron chi connectivity index (χ3n) is 6.51. The van der Waals surface area contributed by atoms with E-state index in [0.717, 1.165) is 22.4 Å². The highest BCUT2D eigenvalue weighted by Gasteiger charge is 2.58. The van der Waals surface area contributed by atoms with E-state index in [-0.39, 0.29) is 5.91 Å². The topological polar surface area (TPSA) is 60.9 Å². The molecule has 162 valence electrons. The molecule has 6 nitrogen and oxygen atoms in total. The van der Waals surface area contributed by atoms with Crippen LogP contribution in [0.5, 0.6) is 17.2 Å². The SMILES string of the molecule is CC1(C)CC2(C(=O)N(Cc3cccnc3)c3ccccc32)c2cc3c(cc2O1)OCCO3. The Morgan fingerprint density at radius 1 is 0.969 bits per heavy atom. The Hall–Kier alpha value is -3.54. The zero-order chi connectivity index (χ0) is 21.9. The van der Waals surface area contributed by atoms with Crippen LogP contribution in [0.1, 0.15) is 37.0 Å². The Kier molecular flexibility index (Phi) is 4.03. The average molecular weight is 428 g/mol. The first-order valence-corrected chi connectivity index (χ1v) is 10.9. The number of ether oxygens (including phenoxy) is 3. The Balaban J connectivity index is 1.57. The smallest absolute Gasteiger partial charge is 0.242 e. The van der Waals surface area contributed by atoms with Gasteiger partial charge in [0, 0.05) is 36.1 Å². The number of rotatable bonds is 2. The lowest BCUT2D eigenvalue weighted by atomic mass is 9.67. The van der Waals surface area contributed by atoms with E-state index in [1.807, 2.05) is 67.4 Å². The summed E-state index contributed by atoms with van der Waals surface area (Å²) in [5.74, 6) is 2.05. The number of carbonyl (C=O) groups is 1. The van der Waals surface area contributed by atoms with Crippen molar-refractivity contribution in [3.05, 3.63) is 77.6 Å². The molecule has 1 aromatic heterocycles. The van der Waals surface area contributed by atoms with Crippen molar-refractivity contribution in [2.24, 2.45) is 0 Å². The molecule has 0 aliphatic carbocycles. The number of hydrogen-bond acceptors (Lipinski definition) is 5. The lowest BCUT2D eigenvalue weighted by Gasteiger charge is -2.43. The van der Waals surface area contributed by atoms with E-state index < -0.39 is 11.0 Å². The molecule has 3 aliphatic rings. The predicted octanol–water partition coefficient (Wildman–Crippen LogP) is 4.25. The van der Waals surface area contributed by atoms with Gasteiger partial charge in [-0.1, -0.05) is 24.3 Å². The predicted molar refractivity (Wildman–Crippen MR) is 119 cm³/mol. The van der Waals surface area contributed by atoms with E-state index >= 15 is 0 Å². The summed E-state index contributed by atoms with van der Waals surface area (Å²) in [5, 5.41) is 0. The summed E-state index contributed by atoms with van der Waals surface area (Å²) in [4.78, 5) is 20.5. The Bertz CT molecular complexity index is 1220. The highest BCUT2D eigenvalue weighted by Crippen LogP contribution is 2.57. The molecular weight excluding hydrogens is 404 g/mol. The van der Waals surface area contributed by atoms with Gasteiger partial charge < -0.3 is 19.1 Å². The number of fused-ring (bicyclic) bond motifs is 5. The van der Waals surface area contributed by atoms with Gasteiger partial charge in [-0.2, -0.15) is 0 Å². The minimum Gasteiger partial charge on any atom is -0.487 e. The van der Waals surface area contributed by atoms with E-state index in [0.29, 0.717) is 43.4 Å². The quantitative estimate of drug-likeness (QED) is 0.611. The van der Waals surface area contributed by atoms with Crippen LogP contribution in [-0.4, -0.2) is 29.7 Å². The molecule has 32 heavy (non-hydrogen) atoms. The van der Waals surface area contributed by atoms with Gasteiger partial charge in [0.25, 0.3) is 0 Å². The van der Waals surface area contributed by atoms with Crippen LogP contribution in [0, 0.1) is 0 Å². The van der Waals surface area contributed by atoms with Gasteiger partial charge in [0.15, 0.2) is 11.5 Å². The maximum absolute atomic E-state index is 14.3. The van der Waals surface area contributed by atoms with Crippen LogP contribution in [0.4, 0.5) is 5.69 Å². The molecular formula is C26H24N2O4. The van der Waals surface area contributed by atoms with Crippen molar-refractivity contribution in [2.75, 3.05) is 18.1 Å². The number of pyridine rings is 1. The van der Waals surface area contributed by atoms with Crippen LogP contribution in [0.3, 0.4) is 0 Å². The van der Waals surface area contributed by atoms with Crippen molar-refractivity contribution in [1.29, 1.82) is 0 Å². The van der Waals surface area contributed by atoms with Gasteiger partial charge in [0.1, 0.15) is 30.0 Å². The minimum atomic E-state index is -0.855. The Morgan fingerprint density at radius 3 is 2.53 bits per heavy atom. The van der Waals surface area contributed by atoms with Crippen LogP contribution in [-0.2, 0) is 16.8 Å². The zero-order valence-corrected chi connectivity index (χ0v) is 18.1. The second kappa shape index (κ2) is 6.73. The number of hydrogen-bond donors (Lipinski definition) is 0. The molecule has 6 rings (SSSR count). The third-order valence-corrected chi connectivity index (χ3v) is 6.51. The maximum atomic E-state index is 14.3. The van der Waals surface area contributed by atoms with Gasteiger partial charge in [-0.15, -0.1) is 0 Å². The van der Waals surface area contributed by atoms with Gasteiger partial charge in [-0.05, 0) is 43.2 Å². The van der Waals surface area contributed by atoms with Gasteiger partial charge >= 0.3 is 0 Å². The molecule has 0 radical (unpaired) electrons. The number of anilines is 1. The van der Waals surface area contributed by atoms with Crippen molar-refractivity contribution in [3.63, 3.8) is 0 Å². The molecule has 3 aliphatic heterocycles. The first-order chi connectivity index (χ1) is 15.5. The van der Waals surface area contributed by atoms with Crippen LogP contribution in [0.25, 0.3) is 0 Å². The summed E-state index contributed by atoms with van der Waals surface area (Å²) in [5.41, 5.74) is 2.37. The summed E-state index contributed by atoms with van der Waals surface area (Å²) in [6.45, 7) is 5.53. The second-order valence-corrected chi connectivity index (χ2v) is 9.21. The second-order valence-electron chi connectivity index (χ2n) is 9.21. The molecule has 1 atom stereocenters. The lowest BCUT2D eigenvalue weighted by Crippen LogP contribution is -2.50. The number of aromatic nitrogens is 1. The van der Waals surface area contributed by atoms with Crippen molar-refractivity contribution in [2.45, 2.75) is 37.8 Å². The number of benzene rings is 2. The largest absolute Gasteiger partial charge is 0.487 e. The van der Waals surface area contributed by atoms with Crippen molar-refractivity contribution in [1.82, 2.24) is 4.98 Å². The van der Waals surface area contributed by atoms with Crippen molar-refractivity contribution < 1.29 is 19.0 Å². The molecule has 1 unspecified atom stereocenters. The summed E-state index contributed by atoms with van der Waals surface area (Å²) < 4.78 is 18.0. The highest BCUT2D eigenvalue weighted by molar-refractivity contribution is 6.11. The Morgan fingerprint density at radius 2 is 1.75 bits per heavy atom. The standard InChI is InChI=1S/C26H24N2O4/c1-25(2)16-26(19-12-22-23(13-21(19)32-25)31-11-10-30-22)18-7-3-4-8-20(18)28(24(26)29)15-17-6-5-9-27-14-17/h3-9,12-14H,10-11,15-16H2,1-2H3. The normalized spacial score (nSPS) is 22.3. The fourth-order valence-electron chi connectivity index (χ4n) is 5.34. The molecule has 1 spiro atoms. The van der Waals surface area contributed by atoms with E-state index in [2.05, 4.69) is 11.1 Å².